The Morgan fingerprint density at radius 2 is 1.72 bits per heavy atom. The van der Waals surface area contributed by atoms with Crippen molar-refractivity contribution in [3.63, 3.8) is 0 Å². The summed E-state index contributed by atoms with van der Waals surface area (Å²) < 4.78 is 38.5. The summed E-state index contributed by atoms with van der Waals surface area (Å²) in [6, 6.07) is 12.1. The highest BCUT2D eigenvalue weighted by Crippen LogP contribution is 2.22. The maximum atomic E-state index is 14.0. The van der Waals surface area contributed by atoms with Crippen LogP contribution in [-0.2, 0) is 28.5 Å². The van der Waals surface area contributed by atoms with Gasteiger partial charge >= 0.3 is 0 Å². The predicted octanol–water partition coefficient (Wildman–Crippen LogP) is 3.76. The summed E-state index contributed by atoms with van der Waals surface area (Å²) in [5.41, 5.74) is 2.59. The highest BCUT2D eigenvalue weighted by Gasteiger charge is 2.14. The van der Waals surface area contributed by atoms with E-state index in [9.17, 15) is 18.0 Å². The van der Waals surface area contributed by atoms with Crippen LogP contribution in [-0.4, -0.2) is 30.1 Å². The monoisotopic (exact) mass is 439 g/mol. The Morgan fingerprint density at radius 1 is 1.14 bits per heavy atom. The Bertz CT molecular complexity index is 971. The van der Waals surface area contributed by atoms with Gasteiger partial charge in [-0.2, -0.15) is 0 Å². The lowest BCUT2D eigenvalue weighted by molar-refractivity contribution is -0.0237. The molecule has 0 fully saturated rings. The van der Waals surface area contributed by atoms with Crippen molar-refractivity contribution in [3.05, 3.63) is 65.0 Å². The first-order valence-electron chi connectivity index (χ1n) is 8.95. The van der Waals surface area contributed by atoms with E-state index in [2.05, 4.69) is 42.9 Å². The van der Waals surface area contributed by atoms with Crippen LogP contribution in [0.15, 0.2) is 42.5 Å². The first kappa shape index (κ1) is 23.1. The lowest BCUT2D eigenvalue weighted by atomic mass is 9.87. The van der Waals surface area contributed by atoms with Crippen LogP contribution in [0, 0.1) is 5.82 Å². The number of halogens is 1. The molecule has 0 spiro atoms. The van der Waals surface area contributed by atoms with Crippen molar-refractivity contribution >= 4 is 33.0 Å². The fraction of sp³-hybridized carbons (Fsp3) is 0.350. The van der Waals surface area contributed by atoms with Crippen LogP contribution in [0.4, 0.5) is 10.1 Å². The lowest BCUT2D eigenvalue weighted by Gasteiger charge is -2.21. The van der Waals surface area contributed by atoms with Crippen LogP contribution in [0.25, 0.3) is 0 Å². The van der Waals surface area contributed by atoms with Gasteiger partial charge in [0, 0.05) is 6.54 Å². The van der Waals surface area contributed by atoms with Crippen LogP contribution in [0.2, 0.25) is 0 Å². The molecule has 0 aliphatic carbocycles. The smallest absolute Gasteiger partial charge is 0.229 e. The van der Waals surface area contributed by atoms with Crippen molar-refractivity contribution in [2.24, 2.45) is 0 Å². The average Bonchev–Trinajstić information content (AvgIpc) is 2.60. The van der Waals surface area contributed by atoms with Crippen LogP contribution in [0.1, 0.15) is 37.5 Å². The summed E-state index contributed by atoms with van der Waals surface area (Å²) in [5, 5.41) is 14.0. The summed E-state index contributed by atoms with van der Waals surface area (Å²) >= 11 is 5.17. The van der Waals surface area contributed by atoms with Crippen molar-refractivity contribution in [2.45, 2.75) is 39.3 Å². The second kappa shape index (κ2) is 9.06. The molecule has 2 aromatic carbocycles. The molecular formula is C20H26FN3O3S2. The first-order valence-corrected chi connectivity index (χ1v) is 11.2. The zero-order valence-electron chi connectivity index (χ0n) is 16.9. The minimum atomic E-state index is -3.57. The Balaban J connectivity index is 1.93. The summed E-state index contributed by atoms with van der Waals surface area (Å²) in [4.78, 5) is 0. The van der Waals surface area contributed by atoms with Crippen LogP contribution in [0.3, 0.4) is 0 Å². The predicted molar refractivity (Wildman–Crippen MR) is 117 cm³/mol. The molecule has 0 aromatic heterocycles. The molecule has 29 heavy (non-hydrogen) atoms. The first-order chi connectivity index (χ1) is 13.3. The fourth-order valence-electron chi connectivity index (χ4n) is 2.58. The van der Waals surface area contributed by atoms with Crippen LogP contribution >= 0.6 is 12.2 Å². The Morgan fingerprint density at radius 3 is 2.24 bits per heavy atom. The third kappa shape index (κ3) is 7.26. The summed E-state index contributed by atoms with van der Waals surface area (Å²) in [5.74, 6) is -0.737. The van der Waals surface area contributed by atoms with Gasteiger partial charge in [0.1, 0.15) is 5.82 Å². The Kier molecular flexibility index (Phi) is 7.20. The molecule has 2 aromatic rings. The average molecular weight is 440 g/mol. The SMILES string of the molecule is CC(C)(C)c1ccc(CNC(=S)N(O)Cc2ccc(NS(C)(=O)=O)c(F)c2)cc1. The molecule has 0 unspecified atom stereocenters. The molecule has 158 valence electrons. The van der Waals surface area contributed by atoms with Crippen molar-refractivity contribution in [1.29, 1.82) is 0 Å². The normalized spacial score (nSPS) is 11.8. The molecule has 9 heteroatoms. The van der Waals surface area contributed by atoms with Crippen LogP contribution in [0.5, 0.6) is 0 Å². The summed E-state index contributed by atoms with van der Waals surface area (Å²) in [6.45, 7) is 6.82. The number of anilines is 1. The van der Waals surface area contributed by atoms with E-state index in [-0.39, 0.29) is 22.8 Å². The van der Waals surface area contributed by atoms with Crippen molar-refractivity contribution in [1.82, 2.24) is 10.4 Å². The number of rotatable bonds is 6. The number of nitrogens with one attached hydrogen (secondary N) is 2. The van der Waals surface area contributed by atoms with Gasteiger partial charge < -0.3 is 5.32 Å². The van der Waals surface area contributed by atoms with Gasteiger partial charge in [0.15, 0.2) is 5.11 Å². The van der Waals surface area contributed by atoms with Gasteiger partial charge in [-0.15, -0.1) is 0 Å². The quantitative estimate of drug-likeness (QED) is 0.470. The van der Waals surface area contributed by atoms with E-state index in [0.717, 1.165) is 22.9 Å². The molecule has 3 N–H and O–H groups in total. The third-order valence-corrected chi connectivity index (χ3v) is 5.11. The van der Waals surface area contributed by atoms with Gasteiger partial charge in [0.25, 0.3) is 0 Å². The molecule has 0 amide bonds. The second-order valence-corrected chi connectivity index (χ2v) is 9.99. The largest absolute Gasteiger partial charge is 0.357 e. The van der Waals surface area contributed by atoms with Gasteiger partial charge in [-0.1, -0.05) is 51.1 Å². The summed E-state index contributed by atoms with van der Waals surface area (Å²) in [7, 11) is -3.57. The minimum Gasteiger partial charge on any atom is -0.357 e. The molecule has 6 nitrogen and oxygen atoms in total. The third-order valence-electron chi connectivity index (χ3n) is 4.16. The maximum Gasteiger partial charge on any atom is 0.229 e. The molecule has 0 aliphatic heterocycles. The zero-order chi connectivity index (χ0) is 21.8. The zero-order valence-corrected chi connectivity index (χ0v) is 18.5. The number of thiocarbonyl (C=S) groups is 1. The second-order valence-electron chi connectivity index (χ2n) is 7.85. The molecule has 0 saturated carbocycles. The number of sulfonamides is 1. The van der Waals surface area contributed by atoms with Gasteiger partial charge in [-0.05, 0) is 46.5 Å². The van der Waals surface area contributed by atoms with Gasteiger partial charge in [0.05, 0.1) is 18.5 Å². The van der Waals surface area contributed by atoms with Crippen molar-refractivity contribution < 1.29 is 18.0 Å². The van der Waals surface area contributed by atoms with Crippen molar-refractivity contribution in [3.8, 4) is 0 Å². The molecule has 0 aliphatic rings. The van der Waals surface area contributed by atoms with E-state index in [0.29, 0.717) is 12.1 Å². The molecule has 0 atom stereocenters. The lowest BCUT2D eigenvalue weighted by Crippen LogP contribution is -2.36. The van der Waals surface area contributed by atoms with Gasteiger partial charge in [-0.3, -0.25) is 9.93 Å². The van der Waals surface area contributed by atoms with E-state index in [1.165, 1.54) is 17.7 Å². The standard InChI is InChI=1S/C20H26FN3O3S2/c1-20(2,3)16-8-5-14(6-9-16)12-22-19(28)24(25)13-15-7-10-18(17(21)11-15)23-29(4,26)27/h5-11,23,25H,12-13H2,1-4H3,(H,22,28). The molecule has 0 bridgehead atoms. The topological polar surface area (TPSA) is 81.7 Å². The van der Waals surface area contributed by atoms with E-state index in [1.807, 2.05) is 12.1 Å². The molecule has 0 heterocycles. The van der Waals surface area contributed by atoms with Crippen molar-refractivity contribution in [2.75, 3.05) is 11.0 Å². The Hall–Kier alpha value is -2.23. The van der Waals surface area contributed by atoms with E-state index >= 15 is 0 Å². The Labute approximate surface area is 176 Å². The van der Waals surface area contributed by atoms with E-state index in [1.54, 1.807) is 0 Å². The number of hydroxylamine groups is 2. The number of benzene rings is 2. The maximum absolute atomic E-state index is 14.0. The number of hydrogen-bond acceptors (Lipinski definition) is 4. The molecular weight excluding hydrogens is 413 g/mol. The number of nitrogens with zero attached hydrogens (tertiary/aromatic N) is 1. The van der Waals surface area contributed by atoms with E-state index < -0.39 is 15.8 Å². The molecule has 0 saturated heterocycles. The summed E-state index contributed by atoms with van der Waals surface area (Å²) in [6.07, 6.45) is 0.941. The number of hydrogen-bond donors (Lipinski definition) is 3. The minimum absolute atomic E-state index is 0.0507. The fourth-order valence-corrected chi connectivity index (χ4v) is 3.28. The highest BCUT2D eigenvalue weighted by atomic mass is 32.2. The highest BCUT2D eigenvalue weighted by molar-refractivity contribution is 7.92. The van der Waals surface area contributed by atoms with Gasteiger partial charge in [-0.25, -0.2) is 17.9 Å². The molecule has 0 radical (unpaired) electrons. The van der Waals surface area contributed by atoms with Gasteiger partial charge in [0.2, 0.25) is 10.0 Å². The van der Waals surface area contributed by atoms with Crippen LogP contribution < -0.4 is 10.0 Å². The molecule has 2 rings (SSSR count). The van der Waals surface area contributed by atoms with E-state index in [4.69, 9.17) is 12.2 Å².